The SMILES string of the molecule is CCC(C)NC(C)(C)c1nc(C)cs1. The van der Waals surface area contributed by atoms with Crippen LogP contribution < -0.4 is 5.32 Å². The molecule has 1 heterocycles. The van der Waals surface area contributed by atoms with Crippen LogP contribution in [0, 0.1) is 6.92 Å². The number of nitrogens with zero attached hydrogens (tertiary/aromatic N) is 1. The van der Waals surface area contributed by atoms with Gasteiger partial charge in [-0.05, 0) is 34.1 Å². The van der Waals surface area contributed by atoms with Gasteiger partial charge in [0.25, 0.3) is 0 Å². The lowest BCUT2D eigenvalue weighted by atomic mass is 10.0. The molecule has 0 spiro atoms. The van der Waals surface area contributed by atoms with Gasteiger partial charge in [-0.1, -0.05) is 6.92 Å². The van der Waals surface area contributed by atoms with E-state index in [1.165, 1.54) is 5.01 Å². The molecule has 0 aliphatic rings. The topological polar surface area (TPSA) is 24.9 Å². The molecule has 0 bridgehead atoms. The highest BCUT2D eigenvalue weighted by atomic mass is 32.1. The van der Waals surface area contributed by atoms with E-state index in [0.717, 1.165) is 12.1 Å². The molecular weight excluding hydrogens is 192 g/mol. The highest BCUT2D eigenvalue weighted by molar-refractivity contribution is 7.09. The number of aryl methyl sites for hydroxylation is 1. The van der Waals surface area contributed by atoms with E-state index < -0.39 is 0 Å². The minimum atomic E-state index is -0.00560. The van der Waals surface area contributed by atoms with Crippen LogP contribution in [0.2, 0.25) is 0 Å². The minimum absolute atomic E-state index is 0.00560. The Kier molecular flexibility index (Phi) is 3.67. The van der Waals surface area contributed by atoms with Crippen LogP contribution in [-0.2, 0) is 5.54 Å². The molecule has 3 heteroatoms. The molecule has 1 aromatic rings. The van der Waals surface area contributed by atoms with Crippen LogP contribution in [0.15, 0.2) is 5.38 Å². The van der Waals surface area contributed by atoms with Gasteiger partial charge < -0.3 is 5.32 Å². The third-order valence-electron chi connectivity index (χ3n) is 2.37. The van der Waals surface area contributed by atoms with E-state index in [-0.39, 0.29) is 5.54 Å². The summed E-state index contributed by atoms with van der Waals surface area (Å²) in [6, 6.07) is 0.536. The van der Waals surface area contributed by atoms with Gasteiger partial charge in [-0.2, -0.15) is 0 Å². The third-order valence-corrected chi connectivity index (χ3v) is 3.66. The molecule has 1 aromatic heterocycles. The molecule has 1 unspecified atom stereocenters. The van der Waals surface area contributed by atoms with Crippen molar-refractivity contribution < 1.29 is 0 Å². The molecule has 1 rings (SSSR count). The average molecular weight is 212 g/mol. The van der Waals surface area contributed by atoms with Crippen LogP contribution in [0.1, 0.15) is 44.8 Å². The van der Waals surface area contributed by atoms with Gasteiger partial charge in [0.2, 0.25) is 0 Å². The van der Waals surface area contributed by atoms with E-state index >= 15 is 0 Å². The molecule has 0 aromatic carbocycles. The quantitative estimate of drug-likeness (QED) is 0.829. The Morgan fingerprint density at radius 3 is 2.64 bits per heavy atom. The monoisotopic (exact) mass is 212 g/mol. The zero-order valence-electron chi connectivity index (χ0n) is 9.72. The summed E-state index contributed by atoms with van der Waals surface area (Å²) in [6.45, 7) is 10.8. The molecule has 1 N–H and O–H groups in total. The van der Waals surface area contributed by atoms with Crippen molar-refractivity contribution >= 4 is 11.3 Å². The van der Waals surface area contributed by atoms with Crippen LogP contribution in [0.4, 0.5) is 0 Å². The summed E-state index contributed by atoms with van der Waals surface area (Å²) in [7, 11) is 0. The van der Waals surface area contributed by atoms with Gasteiger partial charge in [-0.15, -0.1) is 11.3 Å². The summed E-state index contributed by atoms with van der Waals surface area (Å²) in [5.74, 6) is 0. The lowest BCUT2D eigenvalue weighted by Gasteiger charge is -2.27. The first-order chi connectivity index (χ1) is 6.45. The largest absolute Gasteiger partial charge is 0.303 e. The Morgan fingerprint density at radius 1 is 1.57 bits per heavy atom. The lowest BCUT2D eigenvalue weighted by molar-refractivity contribution is 0.346. The normalized spacial score (nSPS) is 14.4. The molecule has 0 radical (unpaired) electrons. The number of aromatic nitrogens is 1. The van der Waals surface area contributed by atoms with Crippen molar-refractivity contribution in [1.29, 1.82) is 0 Å². The molecule has 80 valence electrons. The second-order valence-electron chi connectivity index (χ2n) is 4.37. The second-order valence-corrected chi connectivity index (χ2v) is 5.23. The van der Waals surface area contributed by atoms with Crippen LogP contribution in [0.25, 0.3) is 0 Å². The Bertz CT molecular complexity index is 291. The highest BCUT2D eigenvalue weighted by Crippen LogP contribution is 2.24. The molecule has 0 aliphatic carbocycles. The van der Waals surface area contributed by atoms with Crippen molar-refractivity contribution in [2.75, 3.05) is 0 Å². The van der Waals surface area contributed by atoms with E-state index in [0.29, 0.717) is 6.04 Å². The van der Waals surface area contributed by atoms with Crippen LogP contribution in [0.5, 0.6) is 0 Å². The summed E-state index contributed by atoms with van der Waals surface area (Å²) >= 11 is 1.74. The first kappa shape index (κ1) is 11.7. The number of hydrogen-bond acceptors (Lipinski definition) is 3. The summed E-state index contributed by atoms with van der Waals surface area (Å²) in [5.41, 5.74) is 1.11. The van der Waals surface area contributed by atoms with Gasteiger partial charge in [0.05, 0.1) is 5.54 Å². The van der Waals surface area contributed by atoms with E-state index in [1.807, 2.05) is 6.92 Å². The minimum Gasteiger partial charge on any atom is -0.303 e. The van der Waals surface area contributed by atoms with Gasteiger partial charge in [0.1, 0.15) is 5.01 Å². The molecule has 0 aliphatic heterocycles. The van der Waals surface area contributed by atoms with Gasteiger partial charge in [-0.25, -0.2) is 4.98 Å². The Labute approximate surface area is 90.8 Å². The van der Waals surface area contributed by atoms with Gasteiger partial charge in [0.15, 0.2) is 0 Å². The maximum atomic E-state index is 4.53. The smallest absolute Gasteiger partial charge is 0.112 e. The van der Waals surface area contributed by atoms with Gasteiger partial charge in [0, 0.05) is 17.1 Å². The summed E-state index contributed by atoms with van der Waals surface area (Å²) in [4.78, 5) is 4.53. The Balaban J connectivity index is 2.74. The van der Waals surface area contributed by atoms with E-state index in [2.05, 4.69) is 43.4 Å². The van der Waals surface area contributed by atoms with Crippen molar-refractivity contribution in [1.82, 2.24) is 10.3 Å². The summed E-state index contributed by atoms with van der Waals surface area (Å²) in [5, 5.41) is 6.87. The van der Waals surface area contributed by atoms with Crippen molar-refractivity contribution in [3.8, 4) is 0 Å². The summed E-state index contributed by atoms with van der Waals surface area (Å²) < 4.78 is 0. The van der Waals surface area contributed by atoms with E-state index in [1.54, 1.807) is 11.3 Å². The first-order valence-electron chi connectivity index (χ1n) is 5.16. The maximum Gasteiger partial charge on any atom is 0.112 e. The molecule has 0 amide bonds. The Hall–Kier alpha value is -0.410. The second kappa shape index (κ2) is 4.41. The van der Waals surface area contributed by atoms with Crippen LogP contribution in [0.3, 0.4) is 0 Å². The fourth-order valence-corrected chi connectivity index (χ4v) is 2.31. The third kappa shape index (κ3) is 2.79. The van der Waals surface area contributed by atoms with E-state index in [9.17, 15) is 0 Å². The predicted molar refractivity (Wildman–Crippen MR) is 62.8 cm³/mol. The zero-order valence-corrected chi connectivity index (χ0v) is 10.5. The van der Waals surface area contributed by atoms with Crippen molar-refractivity contribution in [2.45, 2.75) is 52.6 Å². The number of thiazole rings is 1. The molecule has 0 fully saturated rings. The zero-order chi connectivity index (χ0) is 10.8. The number of hydrogen-bond donors (Lipinski definition) is 1. The van der Waals surface area contributed by atoms with Crippen LogP contribution in [-0.4, -0.2) is 11.0 Å². The molecular formula is C11H20N2S. The fourth-order valence-electron chi connectivity index (χ4n) is 1.42. The standard InChI is InChI=1S/C11H20N2S/c1-6-8(2)13-11(4,5)10-12-9(3)7-14-10/h7-8,13H,6H2,1-5H3. The molecule has 2 nitrogen and oxygen atoms in total. The molecule has 0 saturated carbocycles. The van der Waals surface area contributed by atoms with Gasteiger partial charge >= 0.3 is 0 Å². The number of nitrogens with one attached hydrogen (secondary N) is 1. The van der Waals surface area contributed by atoms with E-state index in [4.69, 9.17) is 0 Å². The van der Waals surface area contributed by atoms with Crippen molar-refractivity contribution in [2.24, 2.45) is 0 Å². The van der Waals surface area contributed by atoms with Gasteiger partial charge in [-0.3, -0.25) is 0 Å². The fraction of sp³-hybridized carbons (Fsp3) is 0.727. The summed E-state index contributed by atoms with van der Waals surface area (Å²) in [6.07, 6.45) is 1.15. The van der Waals surface area contributed by atoms with Crippen molar-refractivity contribution in [3.05, 3.63) is 16.1 Å². The van der Waals surface area contributed by atoms with Crippen molar-refractivity contribution in [3.63, 3.8) is 0 Å². The highest BCUT2D eigenvalue weighted by Gasteiger charge is 2.24. The van der Waals surface area contributed by atoms with Crippen LogP contribution >= 0.6 is 11.3 Å². The average Bonchev–Trinajstić information content (AvgIpc) is 2.51. The molecule has 14 heavy (non-hydrogen) atoms. The molecule has 0 saturated heterocycles. The predicted octanol–water partition coefficient (Wildman–Crippen LogP) is 3.07. The first-order valence-corrected chi connectivity index (χ1v) is 6.04. The number of rotatable bonds is 4. The Morgan fingerprint density at radius 2 is 2.21 bits per heavy atom. The molecule has 1 atom stereocenters. The maximum absolute atomic E-state index is 4.53. The lowest BCUT2D eigenvalue weighted by Crippen LogP contribution is -2.42.